The molecule has 0 amide bonds. The van der Waals surface area contributed by atoms with Crippen LogP contribution in [0.5, 0.6) is 5.75 Å². The molecule has 1 aromatic carbocycles. The van der Waals surface area contributed by atoms with Crippen molar-refractivity contribution in [2.45, 2.75) is 37.2 Å². The first-order valence-corrected chi connectivity index (χ1v) is 11.0. The number of ether oxygens (including phenoxy) is 1. The van der Waals surface area contributed by atoms with Gasteiger partial charge in [-0.25, -0.2) is 0 Å². The van der Waals surface area contributed by atoms with E-state index in [9.17, 15) is 4.39 Å². The van der Waals surface area contributed by atoms with Gasteiger partial charge in [-0.2, -0.15) is 0 Å². The van der Waals surface area contributed by atoms with Gasteiger partial charge in [0.25, 0.3) is 0 Å². The van der Waals surface area contributed by atoms with Crippen LogP contribution in [0, 0.1) is 5.82 Å². The molecule has 122 valence electrons. The molecule has 2 radical (unpaired) electrons. The fraction of sp³-hybridized carbons (Fsp3) is 0.353. The number of halogens is 2. The van der Waals surface area contributed by atoms with Crippen LogP contribution in [-0.4, -0.2) is 26.1 Å². The van der Waals surface area contributed by atoms with Crippen LogP contribution >= 0.6 is 15.9 Å². The van der Waals surface area contributed by atoms with Crippen molar-refractivity contribution in [3.63, 3.8) is 0 Å². The van der Waals surface area contributed by atoms with Crippen molar-refractivity contribution in [2.75, 3.05) is 5.73 Å². The molecule has 0 saturated carbocycles. The number of anilines is 1. The van der Waals surface area contributed by atoms with E-state index in [4.69, 9.17) is 10.5 Å². The molecule has 0 fully saturated rings. The molecular weight excluding hydrogens is 466 g/mol. The molecule has 0 unspecified atom stereocenters. The van der Waals surface area contributed by atoms with Crippen LogP contribution in [0.1, 0.15) is 39.4 Å². The van der Waals surface area contributed by atoms with Crippen molar-refractivity contribution >= 4 is 46.5 Å². The molecule has 0 aliphatic rings. The predicted octanol–water partition coefficient (Wildman–Crippen LogP) is 4.25. The zero-order valence-electron chi connectivity index (χ0n) is 13.7. The minimum atomic E-state index is -0.885. The standard InChI is InChI=1S/C13H11BrFN2O.C4H9.Sn/c1-8(9-3-2-4-11(15)5-9)18-12-6-10(14)7-17-13(12)16;1-4(2)3;/h2,4-8H,1H3,(H2,16,17);1-3H3;/t8-;;/m1../s1. The molecule has 2 N–H and O–H groups in total. The van der Waals surface area contributed by atoms with Gasteiger partial charge in [-0.3, -0.25) is 0 Å². The van der Waals surface area contributed by atoms with Gasteiger partial charge < -0.3 is 0 Å². The molecule has 1 heterocycles. The van der Waals surface area contributed by atoms with Crippen molar-refractivity contribution < 1.29 is 9.13 Å². The number of nitrogens with two attached hydrogens (primary N) is 1. The van der Waals surface area contributed by atoms with Gasteiger partial charge in [0.1, 0.15) is 0 Å². The van der Waals surface area contributed by atoms with Crippen LogP contribution in [0.25, 0.3) is 0 Å². The molecule has 0 aliphatic carbocycles. The van der Waals surface area contributed by atoms with Gasteiger partial charge in [0.2, 0.25) is 0 Å². The van der Waals surface area contributed by atoms with Crippen molar-refractivity contribution in [1.82, 2.24) is 4.98 Å². The van der Waals surface area contributed by atoms with Gasteiger partial charge >= 0.3 is 156 Å². The van der Waals surface area contributed by atoms with E-state index in [1.54, 1.807) is 18.3 Å². The van der Waals surface area contributed by atoms with Gasteiger partial charge in [-0.1, -0.05) is 0 Å². The third-order valence-electron chi connectivity index (χ3n) is 3.11. The molecule has 1 aromatic heterocycles. The summed E-state index contributed by atoms with van der Waals surface area (Å²) in [6.07, 6.45) is 1.33. The molecule has 6 heteroatoms. The average molecular weight is 486 g/mol. The van der Waals surface area contributed by atoms with Crippen LogP contribution < -0.4 is 14.0 Å². The number of benzene rings is 1. The minimum absolute atomic E-state index is 0.243. The van der Waals surface area contributed by atoms with E-state index < -0.39 is 21.1 Å². The Bertz CT molecular complexity index is 703. The monoisotopic (exact) mass is 486 g/mol. The normalized spacial score (nSPS) is 13.0. The Labute approximate surface area is 155 Å². The first-order chi connectivity index (χ1) is 10.7. The van der Waals surface area contributed by atoms with Gasteiger partial charge in [0.05, 0.1) is 0 Å². The third-order valence-corrected chi connectivity index (χ3v) is 7.76. The molecule has 0 aliphatic heterocycles. The zero-order chi connectivity index (χ0) is 17.2. The number of hydrogen-bond acceptors (Lipinski definition) is 3. The number of nitrogen functional groups attached to an aromatic ring is 1. The summed E-state index contributed by atoms with van der Waals surface area (Å²) in [5, 5.41) is 0. The molecule has 0 saturated heterocycles. The molecule has 0 spiro atoms. The van der Waals surface area contributed by atoms with Crippen LogP contribution in [0.15, 0.2) is 34.9 Å². The summed E-state index contributed by atoms with van der Waals surface area (Å²) in [6.45, 7) is 8.61. The fourth-order valence-corrected chi connectivity index (χ4v) is 6.46. The number of nitrogens with zero attached hydrogens (tertiary/aromatic N) is 1. The van der Waals surface area contributed by atoms with Crippen molar-refractivity contribution in [3.05, 3.63) is 46.3 Å². The Morgan fingerprint density at radius 1 is 1.30 bits per heavy atom. The predicted molar refractivity (Wildman–Crippen MR) is 96.9 cm³/mol. The van der Waals surface area contributed by atoms with E-state index in [-0.39, 0.29) is 15.4 Å². The maximum absolute atomic E-state index is 13.7. The average Bonchev–Trinajstić information content (AvgIpc) is 2.43. The van der Waals surface area contributed by atoms with Gasteiger partial charge in [0, 0.05) is 0 Å². The number of pyridine rings is 1. The molecular formula is C17H20BrFN2OSn. The molecule has 23 heavy (non-hydrogen) atoms. The van der Waals surface area contributed by atoms with Crippen LogP contribution in [-0.2, 0) is 0 Å². The first kappa shape index (κ1) is 18.5. The van der Waals surface area contributed by atoms with Crippen LogP contribution in [0.4, 0.5) is 10.2 Å². The Kier molecular flexibility index (Phi) is 5.94. The van der Waals surface area contributed by atoms with Crippen molar-refractivity contribution in [1.29, 1.82) is 0 Å². The molecule has 3 nitrogen and oxygen atoms in total. The second kappa shape index (κ2) is 7.38. The van der Waals surface area contributed by atoms with Gasteiger partial charge in [-0.05, 0) is 0 Å². The van der Waals surface area contributed by atoms with E-state index >= 15 is 0 Å². The summed E-state index contributed by atoms with van der Waals surface area (Å²) in [5.41, 5.74) is 6.77. The number of aromatic nitrogens is 1. The Hall–Kier alpha value is -0.821. The Morgan fingerprint density at radius 2 is 2.00 bits per heavy atom. The second-order valence-electron chi connectivity index (χ2n) is 6.40. The van der Waals surface area contributed by atoms with Crippen LogP contribution in [0.3, 0.4) is 0 Å². The molecule has 2 rings (SSSR count). The van der Waals surface area contributed by atoms with Gasteiger partial charge in [-0.15, -0.1) is 0 Å². The van der Waals surface area contributed by atoms with E-state index in [0.29, 0.717) is 11.6 Å². The summed E-state index contributed by atoms with van der Waals surface area (Å²) in [7, 11) is 0. The summed E-state index contributed by atoms with van der Waals surface area (Å²) < 4.78 is 22.0. The zero-order valence-corrected chi connectivity index (χ0v) is 18.1. The van der Waals surface area contributed by atoms with E-state index in [1.165, 1.54) is 9.65 Å². The molecule has 1 atom stereocenters. The Balaban J connectivity index is 2.32. The SMILES string of the molecule is C[C@@H](Oc1cc(Br)cnc1N)c1cc(F)cc[c]1[Sn][C](C)(C)C. The second-order valence-corrected chi connectivity index (χ2v) is 13.9. The first-order valence-electron chi connectivity index (χ1n) is 7.31. The summed E-state index contributed by atoms with van der Waals surface area (Å²) in [4.78, 5) is 4.07. The molecule has 2 aromatic rings. The maximum atomic E-state index is 13.7. The van der Waals surface area contributed by atoms with E-state index in [0.717, 1.165) is 10.0 Å². The third kappa shape index (κ3) is 5.34. The van der Waals surface area contributed by atoms with Crippen LogP contribution in [0.2, 0.25) is 3.43 Å². The fourth-order valence-electron chi connectivity index (χ4n) is 2.17. The van der Waals surface area contributed by atoms with E-state index in [1.807, 2.05) is 13.0 Å². The molecule has 0 bridgehead atoms. The van der Waals surface area contributed by atoms with Crippen molar-refractivity contribution in [2.24, 2.45) is 0 Å². The van der Waals surface area contributed by atoms with E-state index in [2.05, 4.69) is 41.7 Å². The quantitative estimate of drug-likeness (QED) is 0.658. The summed E-state index contributed by atoms with van der Waals surface area (Å²) in [5.74, 6) is 0.588. The topological polar surface area (TPSA) is 48.1 Å². The number of hydrogen-bond donors (Lipinski definition) is 1. The summed E-state index contributed by atoms with van der Waals surface area (Å²) in [6, 6.07) is 6.80. The van der Waals surface area contributed by atoms with Crippen molar-refractivity contribution in [3.8, 4) is 5.75 Å². The summed E-state index contributed by atoms with van der Waals surface area (Å²) >= 11 is 2.47. The number of rotatable bonds is 4. The Morgan fingerprint density at radius 3 is 2.65 bits per heavy atom. The van der Waals surface area contributed by atoms with Gasteiger partial charge in [0.15, 0.2) is 0 Å².